The molecule has 7 heteroatoms. The molecule has 6 nitrogen and oxygen atoms in total. The lowest BCUT2D eigenvalue weighted by Gasteiger charge is -2.15. The maximum Gasteiger partial charge on any atom is 0.360 e. The van der Waals surface area contributed by atoms with Crippen molar-refractivity contribution < 1.29 is 23.5 Å². The number of ether oxygens (including phenoxy) is 2. The van der Waals surface area contributed by atoms with E-state index >= 15 is 0 Å². The second-order valence-electron chi connectivity index (χ2n) is 7.08. The van der Waals surface area contributed by atoms with Crippen molar-refractivity contribution in [1.29, 1.82) is 0 Å². The number of hydrogen-bond donors (Lipinski definition) is 0. The Kier molecular flexibility index (Phi) is 7.84. The van der Waals surface area contributed by atoms with E-state index < -0.39 is 5.97 Å². The molecular weight excluding hydrogens is 418 g/mol. The van der Waals surface area contributed by atoms with E-state index in [-0.39, 0.29) is 36.8 Å². The van der Waals surface area contributed by atoms with Crippen molar-refractivity contribution >= 4 is 23.4 Å². The first kappa shape index (κ1) is 22.6. The van der Waals surface area contributed by atoms with Gasteiger partial charge in [-0.2, -0.15) is 0 Å². The lowest BCUT2D eigenvalue weighted by molar-refractivity contribution is -0.118. The van der Waals surface area contributed by atoms with Crippen LogP contribution in [0.15, 0.2) is 59.3 Å². The van der Waals surface area contributed by atoms with E-state index in [1.54, 1.807) is 26.2 Å². The highest BCUT2D eigenvalue weighted by atomic mass is 35.5. The fraction of sp³-hybridized carbons (Fsp3) is 0.292. The molecule has 3 aromatic rings. The molecule has 0 aliphatic heterocycles. The highest BCUT2D eigenvalue weighted by Crippen LogP contribution is 2.29. The van der Waals surface area contributed by atoms with Crippen molar-refractivity contribution in [2.24, 2.45) is 0 Å². The van der Waals surface area contributed by atoms with Gasteiger partial charge in [0.1, 0.15) is 17.3 Å². The van der Waals surface area contributed by atoms with Crippen LogP contribution < -0.4 is 4.74 Å². The average molecular weight is 442 g/mol. The molecule has 0 spiro atoms. The molecule has 0 fully saturated rings. The number of benzene rings is 2. The fourth-order valence-corrected chi connectivity index (χ4v) is 3.50. The molecule has 0 N–H and O–H groups in total. The number of ketones is 1. The minimum Gasteiger partial charge on any atom is -0.497 e. The number of oxazole rings is 1. The summed E-state index contributed by atoms with van der Waals surface area (Å²) in [5.74, 6) is 0.197. The summed E-state index contributed by atoms with van der Waals surface area (Å²) in [5, 5.41) is 0.620. The summed E-state index contributed by atoms with van der Waals surface area (Å²) < 4.78 is 15.9. The maximum atomic E-state index is 12.9. The van der Waals surface area contributed by atoms with Crippen molar-refractivity contribution in [1.82, 2.24) is 4.98 Å². The van der Waals surface area contributed by atoms with Gasteiger partial charge in [-0.1, -0.05) is 35.9 Å². The molecule has 1 aromatic heterocycles. The van der Waals surface area contributed by atoms with Crippen molar-refractivity contribution in [3.8, 4) is 5.75 Å². The van der Waals surface area contributed by atoms with Crippen LogP contribution in [-0.4, -0.2) is 30.5 Å². The number of aromatic nitrogens is 1. The van der Waals surface area contributed by atoms with Gasteiger partial charge in [-0.25, -0.2) is 9.78 Å². The molecule has 2 aromatic carbocycles. The summed E-state index contributed by atoms with van der Waals surface area (Å²) in [5.41, 5.74) is 1.97. The Labute approximate surface area is 186 Å². The first-order chi connectivity index (χ1) is 15.0. The normalized spacial score (nSPS) is 11.7. The van der Waals surface area contributed by atoms with Gasteiger partial charge in [0.25, 0.3) is 0 Å². The summed E-state index contributed by atoms with van der Waals surface area (Å²) >= 11 is 5.93. The molecule has 0 bridgehead atoms. The molecule has 0 amide bonds. The molecule has 0 saturated carbocycles. The van der Waals surface area contributed by atoms with Gasteiger partial charge in [0, 0.05) is 23.8 Å². The minimum atomic E-state index is -0.559. The number of carbonyl (C=O) groups is 2. The van der Waals surface area contributed by atoms with E-state index in [0.717, 1.165) is 16.9 Å². The fourth-order valence-electron chi connectivity index (χ4n) is 3.38. The zero-order valence-electron chi connectivity index (χ0n) is 17.5. The molecule has 3 rings (SSSR count). The van der Waals surface area contributed by atoms with E-state index in [1.165, 1.54) is 6.39 Å². The molecule has 0 saturated heterocycles. The highest BCUT2D eigenvalue weighted by molar-refractivity contribution is 6.30. The number of esters is 1. The zero-order chi connectivity index (χ0) is 22.2. The van der Waals surface area contributed by atoms with Crippen LogP contribution in [-0.2, 0) is 22.4 Å². The lowest BCUT2D eigenvalue weighted by atomic mass is 9.89. The Morgan fingerprint density at radius 2 is 1.74 bits per heavy atom. The monoisotopic (exact) mass is 441 g/mol. The molecule has 31 heavy (non-hydrogen) atoms. The van der Waals surface area contributed by atoms with Gasteiger partial charge < -0.3 is 13.9 Å². The third-order valence-electron chi connectivity index (χ3n) is 4.86. The van der Waals surface area contributed by atoms with Crippen LogP contribution in [0.5, 0.6) is 5.75 Å². The Balaban J connectivity index is 1.83. The van der Waals surface area contributed by atoms with Gasteiger partial charge in [0.05, 0.1) is 13.7 Å². The summed E-state index contributed by atoms with van der Waals surface area (Å²) in [6.07, 6.45) is 2.17. The van der Waals surface area contributed by atoms with Crippen LogP contribution in [0.3, 0.4) is 0 Å². The third kappa shape index (κ3) is 6.18. The van der Waals surface area contributed by atoms with E-state index in [0.29, 0.717) is 17.2 Å². The van der Waals surface area contributed by atoms with Crippen LogP contribution in [0.2, 0.25) is 5.02 Å². The molecule has 1 heterocycles. The number of nitrogens with zero attached hydrogens (tertiary/aromatic N) is 1. The first-order valence-electron chi connectivity index (χ1n) is 9.99. The molecule has 0 radical (unpaired) electrons. The van der Waals surface area contributed by atoms with Gasteiger partial charge in [0.2, 0.25) is 0 Å². The van der Waals surface area contributed by atoms with Gasteiger partial charge in [-0.05, 0) is 48.7 Å². The quantitative estimate of drug-likeness (QED) is 0.410. The Morgan fingerprint density at radius 1 is 1.06 bits per heavy atom. The standard InChI is InChI=1S/C24H24ClNO5/c1-3-30-24(28)22-23(31-15-26-22)18(12-16-6-10-21(29-2)11-7-16)14-20(27)13-17-4-8-19(25)9-5-17/h4-11,15,18H,3,12-14H2,1-2H3. The summed E-state index contributed by atoms with van der Waals surface area (Å²) in [4.78, 5) is 29.2. The molecule has 0 aliphatic carbocycles. The van der Waals surface area contributed by atoms with Crippen LogP contribution in [0.4, 0.5) is 0 Å². The van der Waals surface area contributed by atoms with E-state index in [4.69, 9.17) is 25.5 Å². The van der Waals surface area contributed by atoms with Crippen LogP contribution in [0.1, 0.15) is 46.6 Å². The van der Waals surface area contributed by atoms with Crippen molar-refractivity contribution in [2.45, 2.75) is 32.1 Å². The second kappa shape index (κ2) is 10.8. The largest absolute Gasteiger partial charge is 0.497 e. The SMILES string of the molecule is CCOC(=O)c1ncoc1C(CC(=O)Cc1ccc(Cl)cc1)Cc1ccc(OC)cc1. The topological polar surface area (TPSA) is 78.6 Å². The zero-order valence-corrected chi connectivity index (χ0v) is 18.2. The average Bonchev–Trinajstić information content (AvgIpc) is 3.26. The van der Waals surface area contributed by atoms with Crippen LogP contribution in [0, 0.1) is 0 Å². The summed E-state index contributed by atoms with van der Waals surface area (Å²) in [6, 6.07) is 14.7. The van der Waals surface area contributed by atoms with E-state index in [9.17, 15) is 9.59 Å². The predicted molar refractivity (Wildman–Crippen MR) is 117 cm³/mol. The highest BCUT2D eigenvalue weighted by Gasteiger charge is 2.27. The van der Waals surface area contributed by atoms with Crippen LogP contribution >= 0.6 is 11.6 Å². The number of methoxy groups -OCH3 is 1. The molecule has 0 aliphatic rings. The summed E-state index contributed by atoms with van der Waals surface area (Å²) in [7, 11) is 1.60. The van der Waals surface area contributed by atoms with Gasteiger partial charge >= 0.3 is 5.97 Å². The van der Waals surface area contributed by atoms with Crippen molar-refractivity contribution in [3.05, 3.63) is 82.5 Å². The second-order valence-corrected chi connectivity index (χ2v) is 7.52. The van der Waals surface area contributed by atoms with E-state index in [2.05, 4.69) is 4.98 Å². The maximum absolute atomic E-state index is 12.9. The molecule has 162 valence electrons. The van der Waals surface area contributed by atoms with Gasteiger partial charge in [-0.3, -0.25) is 4.79 Å². The molecule has 1 unspecified atom stereocenters. The van der Waals surface area contributed by atoms with Crippen molar-refractivity contribution in [2.75, 3.05) is 13.7 Å². The number of rotatable bonds is 10. The third-order valence-corrected chi connectivity index (χ3v) is 5.12. The smallest absolute Gasteiger partial charge is 0.360 e. The Bertz CT molecular complexity index is 1010. The van der Waals surface area contributed by atoms with Gasteiger partial charge in [-0.15, -0.1) is 0 Å². The number of hydrogen-bond acceptors (Lipinski definition) is 6. The Hall–Kier alpha value is -3.12. The number of carbonyl (C=O) groups excluding carboxylic acids is 2. The van der Waals surface area contributed by atoms with Crippen molar-refractivity contribution in [3.63, 3.8) is 0 Å². The lowest BCUT2D eigenvalue weighted by Crippen LogP contribution is -2.16. The Morgan fingerprint density at radius 3 is 2.39 bits per heavy atom. The first-order valence-corrected chi connectivity index (χ1v) is 10.4. The van der Waals surface area contributed by atoms with E-state index in [1.807, 2.05) is 36.4 Å². The van der Waals surface area contributed by atoms with Gasteiger partial charge in [0.15, 0.2) is 12.1 Å². The number of halogens is 1. The predicted octanol–water partition coefficient (Wildman–Crippen LogP) is 5.04. The summed E-state index contributed by atoms with van der Waals surface area (Å²) in [6.45, 7) is 1.95. The van der Waals surface area contributed by atoms with Crippen LogP contribution in [0.25, 0.3) is 0 Å². The number of Topliss-reactive ketones (excluding diaryl/α,β-unsaturated/α-hetero) is 1. The minimum absolute atomic E-state index is 0.0204. The molecule has 1 atom stereocenters. The molecular formula is C24H24ClNO5.